The Morgan fingerprint density at radius 3 is 2.31 bits per heavy atom. The summed E-state index contributed by atoms with van der Waals surface area (Å²) in [7, 11) is -3.56. The standard InChI is InChI=1S/C26H34N4O4S/c1-4-29(5-2)35(33,34)23-11-9-22(10-12-23)30-18-20(17-25(30)31)26(32)27-21-8-13-24(19(3)16-21)28-14-6-7-15-28/h8-13,16,20H,4-7,14-15,17-18H2,1-3H3,(H,27,32). The minimum Gasteiger partial charge on any atom is -0.371 e. The Morgan fingerprint density at radius 1 is 1.06 bits per heavy atom. The molecule has 0 aromatic heterocycles. The topological polar surface area (TPSA) is 90.0 Å². The minimum atomic E-state index is -3.56. The quantitative estimate of drug-likeness (QED) is 0.601. The monoisotopic (exact) mass is 498 g/mol. The predicted molar refractivity (Wildman–Crippen MR) is 138 cm³/mol. The molecular formula is C26H34N4O4S. The van der Waals surface area contributed by atoms with E-state index < -0.39 is 15.9 Å². The first-order valence-electron chi connectivity index (χ1n) is 12.3. The third-order valence-corrected chi connectivity index (χ3v) is 8.96. The highest BCUT2D eigenvalue weighted by Crippen LogP contribution is 2.30. The summed E-state index contributed by atoms with van der Waals surface area (Å²) in [5.74, 6) is -0.805. The van der Waals surface area contributed by atoms with E-state index in [1.165, 1.54) is 35.0 Å². The first-order chi connectivity index (χ1) is 16.7. The van der Waals surface area contributed by atoms with Crippen LogP contribution in [0.2, 0.25) is 0 Å². The van der Waals surface area contributed by atoms with Gasteiger partial charge in [0, 0.05) is 56.2 Å². The normalized spacial score (nSPS) is 18.5. The summed E-state index contributed by atoms with van der Waals surface area (Å²) in [4.78, 5) is 29.7. The van der Waals surface area contributed by atoms with Crippen molar-refractivity contribution in [3.8, 4) is 0 Å². The number of carbonyl (C=O) groups is 2. The Balaban J connectivity index is 1.41. The lowest BCUT2D eigenvalue weighted by molar-refractivity contribution is -0.122. The van der Waals surface area contributed by atoms with Crippen molar-refractivity contribution in [2.24, 2.45) is 5.92 Å². The number of hydrogen-bond acceptors (Lipinski definition) is 5. The van der Waals surface area contributed by atoms with Gasteiger partial charge in [0.15, 0.2) is 0 Å². The highest BCUT2D eigenvalue weighted by Gasteiger charge is 2.35. The zero-order valence-corrected chi connectivity index (χ0v) is 21.5. The summed E-state index contributed by atoms with van der Waals surface area (Å²) < 4.78 is 26.8. The Morgan fingerprint density at radius 2 is 1.71 bits per heavy atom. The molecule has 0 aliphatic carbocycles. The molecule has 1 N–H and O–H groups in total. The fraction of sp³-hybridized carbons (Fsp3) is 0.462. The molecule has 2 amide bonds. The van der Waals surface area contributed by atoms with Gasteiger partial charge in [-0.2, -0.15) is 4.31 Å². The molecule has 2 heterocycles. The number of rotatable bonds is 8. The number of benzene rings is 2. The van der Waals surface area contributed by atoms with E-state index in [2.05, 4.69) is 16.3 Å². The van der Waals surface area contributed by atoms with Crippen molar-refractivity contribution in [1.82, 2.24) is 4.31 Å². The van der Waals surface area contributed by atoms with Gasteiger partial charge in [0.1, 0.15) is 0 Å². The Bertz CT molecular complexity index is 1190. The van der Waals surface area contributed by atoms with Crippen LogP contribution in [0.1, 0.15) is 38.7 Å². The zero-order valence-electron chi connectivity index (χ0n) is 20.7. The van der Waals surface area contributed by atoms with Crippen molar-refractivity contribution in [3.05, 3.63) is 48.0 Å². The van der Waals surface area contributed by atoms with E-state index in [-0.39, 0.29) is 29.7 Å². The number of nitrogens with zero attached hydrogens (tertiary/aromatic N) is 3. The first-order valence-corrected chi connectivity index (χ1v) is 13.8. The van der Waals surface area contributed by atoms with E-state index in [0.29, 0.717) is 18.8 Å². The van der Waals surface area contributed by atoms with Gasteiger partial charge in [-0.3, -0.25) is 9.59 Å². The van der Waals surface area contributed by atoms with Gasteiger partial charge < -0.3 is 15.1 Å². The molecule has 2 aromatic carbocycles. The zero-order chi connectivity index (χ0) is 25.2. The van der Waals surface area contributed by atoms with Gasteiger partial charge in [-0.1, -0.05) is 13.8 Å². The molecule has 4 rings (SSSR count). The van der Waals surface area contributed by atoms with Crippen LogP contribution in [-0.2, 0) is 19.6 Å². The van der Waals surface area contributed by atoms with Crippen molar-refractivity contribution in [1.29, 1.82) is 0 Å². The lowest BCUT2D eigenvalue weighted by Gasteiger charge is -2.21. The second-order valence-electron chi connectivity index (χ2n) is 9.17. The van der Waals surface area contributed by atoms with Crippen LogP contribution in [0.4, 0.5) is 17.1 Å². The fourth-order valence-electron chi connectivity index (χ4n) is 4.93. The number of aryl methyl sites for hydroxylation is 1. The van der Waals surface area contributed by atoms with Crippen LogP contribution in [-0.4, -0.2) is 57.3 Å². The Labute approximate surface area is 207 Å². The number of nitrogens with one attached hydrogen (secondary N) is 1. The van der Waals surface area contributed by atoms with E-state index in [1.807, 2.05) is 19.1 Å². The third kappa shape index (κ3) is 5.21. The lowest BCUT2D eigenvalue weighted by Crippen LogP contribution is -2.31. The molecule has 35 heavy (non-hydrogen) atoms. The molecule has 2 aliphatic rings. The number of sulfonamides is 1. The maximum Gasteiger partial charge on any atom is 0.243 e. The largest absolute Gasteiger partial charge is 0.371 e. The van der Waals surface area contributed by atoms with Gasteiger partial charge >= 0.3 is 0 Å². The van der Waals surface area contributed by atoms with Gasteiger partial charge in [0.2, 0.25) is 21.8 Å². The molecule has 9 heteroatoms. The summed E-state index contributed by atoms with van der Waals surface area (Å²) in [6.45, 7) is 8.82. The van der Waals surface area contributed by atoms with Crippen LogP contribution in [0.5, 0.6) is 0 Å². The molecule has 1 unspecified atom stereocenters. The van der Waals surface area contributed by atoms with Crippen molar-refractivity contribution in [2.45, 2.75) is 44.9 Å². The maximum atomic E-state index is 12.9. The van der Waals surface area contributed by atoms with E-state index in [1.54, 1.807) is 30.9 Å². The average molecular weight is 499 g/mol. The number of amides is 2. The Kier molecular flexibility index (Phi) is 7.47. The van der Waals surface area contributed by atoms with Crippen LogP contribution in [0.3, 0.4) is 0 Å². The molecule has 0 bridgehead atoms. The van der Waals surface area contributed by atoms with Gasteiger partial charge in [-0.15, -0.1) is 0 Å². The highest BCUT2D eigenvalue weighted by molar-refractivity contribution is 7.89. The van der Waals surface area contributed by atoms with Gasteiger partial charge in [0.25, 0.3) is 0 Å². The molecule has 188 valence electrons. The molecule has 2 saturated heterocycles. The summed E-state index contributed by atoms with van der Waals surface area (Å²) in [5.41, 5.74) is 3.64. The first kappa shape index (κ1) is 25.2. The number of anilines is 3. The van der Waals surface area contributed by atoms with Crippen molar-refractivity contribution < 1.29 is 18.0 Å². The minimum absolute atomic E-state index is 0.121. The summed E-state index contributed by atoms with van der Waals surface area (Å²) in [6, 6.07) is 12.3. The van der Waals surface area contributed by atoms with E-state index in [0.717, 1.165) is 24.3 Å². The molecule has 2 aliphatic heterocycles. The van der Waals surface area contributed by atoms with Crippen LogP contribution in [0.15, 0.2) is 47.4 Å². The molecular weight excluding hydrogens is 464 g/mol. The van der Waals surface area contributed by atoms with E-state index in [4.69, 9.17) is 0 Å². The smallest absolute Gasteiger partial charge is 0.243 e. The summed E-state index contributed by atoms with van der Waals surface area (Å²) in [6.07, 6.45) is 2.54. The van der Waals surface area contributed by atoms with Crippen molar-refractivity contribution in [2.75, 3.05) is 47.8 Å². The van der Waals surface area contributed by atoms with E-state index >= 15 is 0 Å². The van der Waals surface area contributed by atoms with Crippen LogP contribution in [0, 0.1) is 12.8 Å². The maximum absolute atomic E-state index is 12.9. The number of carbonyl (C=O) groups excluding carboxylic acids is 2. The molecule has 2 aromatic rings. The second kappa shape index (κ2) is 10.4. The average Bonchev–Trinajstić information content (AvgIpc) is 3.50. The molecule has 0 radical (unpaired) electrons. The lowest BCUT2D eigenvalue weighted by atomic mass is 10.1. The SMILES string of the molecule is CCN(CC)S(=O)(=O)c1ccc(N2CC(C(=O)Nc3ccc(N4CCCC4)c(C)c3)CC2=O)cc1. The van der Waals surface area contributed by atoms with Crippen LogP contribution >= 0.6 is 0 Å². The van der Waals surface area contributed by atoms with E-state index in [9.17, 15) is 18.0 Å². The number of hydrogen-bond donors (Lipinski definition) is 1. The molecule has 0 spiro atoms. The van der Waals surface area contributed by atoms with Crippen molar-refractivity contribution >= 4 is 38.9 Å². The molecule has 0 saturated carbocycles. The third-order valence-electron chi connectivity index (χ3n) is 6.90. The highest BCUT2D eigenvalue weighted by atomic mass is 32.2. The second-order valence-corrected chi connectivity index (χ2v) is 11.1. The van der Waals surface area contributed by atoms with Gasteiger partial charge in [0.05, 0.1) is 10.8 Å². The predicted octanol–water partition coefficient (Wildman–Crippen LogP) is 3.62. The summed E-state index contributed by atoms with van der Waals surface area (Å²) in [5, 5.41) is 2.97. The van der Waals surface area contributed by atoms with Gasteiger partial charge in [-0.05, 0) is 67.8 Å². The molecule has 1 atom stereocenters. The van der Waals surface area contributed by atoms with Crippen molar-refractivity contribution in [3.63, 3.8) is 0 Å². The van der Waals surface area contributed by atoms with Crippen LogP contribution in [0.25, 0.3) is 0 Å². The molecule has 8 nitrogen and oxygen atoms in total. The van der Waals surface area contributed by atoms with Gasteiger partial charge in [-0.25, -0.2) is 8.42 Å². The molecule has 2 fully saturated rings. The van der Waals surface area contributed by atoms with Crippen LogP contribution < -0.4 is 15.1 Å². The fourth-order valence-corrected chi connectivity index (χ4v) is 6.39. The summed E-state index contributed by atoms with van der Waals surface area (Å²) >= 11 is 0. The Hall–Kier alpha value is -2.91.